The number of halogens is 3. The van der Waals surface area contributed by atoms with E-state index >= 15 is 0 Å². The van der Waals surface area contributed by atoms with Gasteiger partial charge >= 0.3 is 0 Å². The van der Waals surface area contributed by atoms with Crippen LogP contribution in [0.5, 0.6) is 5.75 Å². The SMILES string of the molecule is COc1ccccc1I=C1C(I)CC(C)(C)CC1I. The van der Waals surface area contributed by atoms with Gasteiger partial charge in [0.15, 0.2) is 0 Å². The molecule has 19 heavy (non-hydrogen) atoms. The van der Waals surface area contributed by atoms with E-state index in [4.69, 9.17) is 4.74 Å². The summed E-state index contributed by atoms with van der Waals surface area (Å²) < 4.78 is 10.2. The molecule has 2 atom stereocenters. The highest BCUT2D eigenvalue weighted by Gasteiger charge is 2.35. The second kappa shape index (κ2) is 6.89. The molecule has 1 aromatic rings. The second-order valence-electron chi connectivity index (χ2n) is 5.62. The number of hydrogen-bond acceptors (Lipinski definition) is 1. The van der Waals surface area contributed by atoms with E-state index in [1.807, 2.05) is 0 Å². The molecular formula is C15H19I3O. The van der Waals surface area contributed by atoms with Crippen LogP contribution in [-0.4, -0.2) is 18.5 Å². The maximum atomic E-state index is 5.51. The highest BCUT2D eigenvalue weighted by Crippen LogP contribution is 2.43. The predicted octanol–water partition coefficient (Wildman–Crippen LogP) is 5.44. The standard InChI is InChI=1S/C15H19I3O/c1-15(2)8-10(16)14(11(17)9-15)18-12-6-4-5-7-13(12)19-3/h4-7,10-11H,8-9H2,1-3H3. The average Bonchev–Trinajstić information content (AvgIpc) is 2.33. The van der Waals surface area contributed by atoms with Crippen LogP contribution in [-0.2, 0) is 0 Å². The molecule has 0 aliphatic heterocycles. The number of hydrogen-bond donors (Lipinski definition) is 0. The van der Waals surface area contributed by atoms with Gasteiger partial charge in [-0.25, -0.2) is 0 Å². The molecule has 0 heterocycles. The van der Waals surface area contributed by atoms with Crippen molar-refractivity contribution in [2.45, 2.75) is 34.5 Å². The lowest BCUT2D eigenvalue weighted by Gasteiger charge is -2.37. The van der Waals surface area contributed by atoms with Gasteiger partial charge in [0.2, 0.25) is 0 Å². The Morgan fingerprint density at radius 3 is 2.32 bits per heavy atom. The van der Waals surface area contributed by atoms with Crippen molar-refractivity contribution in [1.29, 1.82) is 0 Å². The Balaban J connectivity index is 2.32. The summed E-state index contributed by atoms with van der Waals surface area (Å²) in [4.78, 5) is 0. The van der Waals surface area contributed by atoms with Crippen molar-refractivity contribution in [3.05, 3.63) is 27.8 Å². The molecule has 1 aromatic carbocycles. The molecule has 0 bridgehead atoms. The lowest BCUT2D eigenvalue weighted by Crippen LogP contribution is -2.37. The Morgan fingerprint density at radius 2 is 1.74 bits per heavy atom. The van der Waals surface area contributed by atoms with Gasteiger partial charge in [-0.2, -0.15) is 0 Å². The van der Waals surface area contributed by atoms with Gasteiger partial charge in [0.25, 0.3) is 0 Å². The fourth-order valence-electron chi connectivity index (χ4n) is 2.37. The van der Waals surface area contributed by atoms with Gasteiger partial charge in [0.05, 0.1) is 7.11 Å². The number of ether oxygens (including phenoxy) is 1. The third kappa shape index (κ3) is 4.28. The Hall–Kier alpha value is 1.08. The normalized spacial score (nSPS) is 26.3. The van der Waals surface area contributed by atoms with Gasteiger partial charge in [-0.3, -0.25) is 0 Å². The fraction of sp³-hybridized carbons (Fsp3) is 0.533. The van der Waals surface area contributed by atoms with E-state index in [9.17, 15) is 0 Å². The van der Waals surface area contributed by atoms with Gasteiger partial charge in [-0.05, 0) is 33.9 Å². The number of alkyl halides is 2. The van der Waals surface area contributed by atoms with Crippen LogP contribution in [0, 0.1) is 8.99 Å². The van der Waals surface area contributed by atoms with Crippen molar-refractivity contribution in [2.24, 2.45) is 5.41 Å². The molecule has 0 aromatic heterocycles. The number of benzene rings is 1. The van der Waals surface area contributed by atoms with Crippen LogP contribution in [0.3, 0.4) is 0 Å². The Kier molecular flexibility index (Phi) is 5.97. The van der Waals surface area contributed by atoms with E-state index in [2.05, 4.69) is 83.3 Å². The summed E-state index contributed by atoms with van der Waals surface area (Å²) in [5, 5.41) is 0. The number of para-hydroxylation sites is 1. The van der Waals surface area contributed by atoms with Crippen LogP contribution < -0.4 is 4.74 Å². The molecule has 0 radical (unpaired) electrons. The highest BCUT2D eigenvalue weighted by atomic mass is 127. The Morgan fingerprint density at radius 1 is 1.16 bits per heavy atom. The van der Waals surface area contributed by atoms with E-state index < -0.39 is 0 Å². The lowest BCUT2D eigenvalue weighted by molar-refractivity contribution is 0.318. The van der Waals surface area contributed by atoms with Gasteiger partial charge in [-0.15, -0.1) is 0 Å². The molecule has 0 amide bonds. The Labute approximate surface area is 153 Å². The first-order chi connectivity index (χ1) is 8.93. The van der Waals surface area contributed by atoms with Crippen LogP contribution in [0.15, 0.2) is 24.3 Å². The first-order valence-corrected chi connectivity index (χ1v) is 11.0. The first-order valence-electron chi connectivity index (χ1n) is 6.36. The predicted molar refractivity (Wildman–Crippen MR) is 109 cm³/mol. The summed E-state index contributed by atoms with van der Waals surface area (Å²) in [5.41, 5.74) is 0.492. The third-order valence-electron chi connectivity index (χ3n) is 3.33. The number of rotatable bonds is 2. The van der Waals surface area contributed by atoms with Crippen LogP contribution in [0.25, 0.3) is 0 Å². The molecule has 1 fully saturated rings. The van der Waals surface area contributed by atoms with E-state index in [1.54, 1.807) is 10.6 Å². The smallest absolute Gasteiger partial charge is 0.131 e. The minimum absolute atomic E-state index is 0.0684. The van der Waals surface area contributed by atoms with E-state index in [-0.39, 0.29) is 20.7 Å². The van der Waals surface area contributed by atoms with Gasteiger partial charge in [0, 0.05) is 11.4 Å². The zero-order chi connectivity index (χ0) is 14.0. The lowest BCUT2D eigenvalue weighted by atomic mass is 9.77. The summed E-state index contributed by atoms with van der Waals surface area (Å²) in [6.45, 7) is 4.81. The zero-order valence-corrected chi connectivity index (χ0v) is 17.9. The quantitative estimate of drug-likeness (QED) is 0.327. The fourth-order valence-corrected chi connectivity index (χ4v) is 10.7. The van der Waals surface area contributed by atoms with Crippen molar-refractivity contribution in [3.63, 3.8) is 0 Å². The number of methoxy groups -OCH3 is 1. The zero-order valence-electron chi connectivity index (χ0n) is 11.4. The molecule has 1 saturated carbocycles. The highest BCUT2D eigenvalue weighted by molar-refractivity contribution is 14.2. The largest absolute Gasteiger partial charge is 0.496 e. The summed E-state index contributed by atoms with van der Waals surface area (Å²) in [6.07, 6.45) is 2.63. The van der Waals surface area contributed by atoms with E-state index in [0.29, 0.717) is 5.41 Å². The summed E-state index contributed by atoms with van der Waals surface area (Å²) in [5.74, 6) is 1.07. The molecule has 0 N–H and O–H groups in total. The Bertz CT molecular complexity index is 466. The van der Waals surface area contributed by atoms with Gasteiger partial charge in [-0.1, -0.05) is 91.9 Å². The van der Waals surface area contributed by atoms with Crippen LogP contribution in [0.4, 0.5) is 0 Å². The molecule has 106 valence electrons. The minimum Gasteiger partial charge on any atom is -0.496 e. The summed E-state index contributed by atoms with van der Waals surface area (Å²) in [7, 11) is 1.78. The maximum absolute atomic E-state index is 5.51. The minimum atomic E-state index is -0.0684. The monoisotopic (exact) mass is 596 g/mol. The van der Waals surface area contributed by atoms with E-state index in [0.717, 1.165) is 13.6 Å². The van der Waals surface area contributed by atoms with Gasteiger partial charge in [0.1, 0.15) is 5.75 Å². The molecule has 4 heteroatoms. The summed E-state index contributed by atoms with van der Waals surface area (Å²) >= 11 is 5.24. The topological polar surface area (TPSA) is 9.23 Å². The molecular weight excluding hydrogens is 577 g/mol. The van der Waals surface area contributed by atoms with Crippen molar-refractivity contribution in [3.8, 4) is 5.75 Å². The molecule has 1 aliphatic carbocycles. The maximum Gasteiger partial charge on any atom is 0.131 e. The van der Waals surface area contributed by atoms with Gasteiger partial charge < -0.3 is 4.74 Å². The second-order valence-corrected chi connectivity index (χ2v) is 11.6. The molecule has 1 nitrogen and oxygen atoms in total. The average molecular weight is 596 g/mol. The first kappa shape index (κ1) is 16.5. The molecule has 0 saturated heterocycles. The van der Waals surface area contributed by atoms with Crippen LogP contribution in [0.2, 0.25) is 0 Å². The van der Waals surface area contributed by atoms with E-state index in [1.165, 1.54) is 16.4 Å². The van der Waals surface area contributed by atoms with Crippen molar-refractivity contribution < 1.29 is 4.74 Å². The summed E-state index contributed by atoms with van der Waals surface area (Å²) in [6, 6.07) is 8.53. The molecule has 2 unspecified atom stereocenters. The molecule has 2 rings (SSSR count). The van der Waals surface area contributed by atoms with Crippen molar-refractivity contribution in [1.82, 2.24) is 0 Å². The molecule has 1 aliphatic rings. The van der Waals surface area contributed by atoms with Crippen molar-refractivity contribution >= 4 is 69.4 Å². The van der Waals surface area contributed by atoms with Crippen LogP contribution in [0.1, 0.15) is 26.7 Å². The van der Waals surface area contributed by atoms with Crippen molar-refractivity contribution in [2.75, 3.05) is 7.11 Å². The third-order valence-corrected chi connectivity index (χ3v) is 11.5. The van der Waals surface area contributed by atoms with Crippen LogP contribution >= 0.6 is 65.9 Å². The molecule has 0 spiro atoms.